The molecular weight excluding hydrogens is 408 g/mol. The topological polar surface area (TPSA) is 129 Å². The zero-order valence-electron chi connectivity index (χ0n) is 15.1. The monoisotopic (exact) mass is 424 g/mol. The lowest BCUT2D eigenvalue weighted by Gasteiger charge is -2.11. The van der Waals surface area contributed by atoms with E-state index in [2.05, 4.69) is 10.1 Å². The SMILES string of the molecule is CC(=O)c1c(OS(=O)(=O)c2ncn(S(=O)(=O)N(C)C)n2)ccc2ccccc12. The average molecular weight is 424 g/mol. The van der Waals surface area contributed by atoms with Crippen molar-refractivity contribution in [1.29, 1.82) is 0 Å². The third kappa shape index (κ3) is 3.48. The number of hydrogen-bond acceptors (Lipinski definition) is 8. The molecule has 0 atom stereocenters. The number of Topliss-reactive ketones (excluding diaryl/α,β-unsaturated/α-hetero) is 1. The normalized spacial score (nSPS) is 12.4. The molecule has 1 aromatic heterocycles. The summed E-state index contributed by atoms with van der Waals surface area (Å²) in [6.07, 6.45) is 0.748. The molecule has 148 valence electrons. The van der Waals surface area contributed by atoms with Gasteiger partial charge in [0, 0.05) is 14.1 Å². The molecule has 0 amide bonds. The second-order valence-electron chi connectivity index (χ2n) is 5.94. The summed E-state index contributed by atoms with van der Waals surface area (Å²) in [7, 11) is -6.10. The molecule has 0 aliphatic carbocycles. The smallest absolute Gasteiger partial charge is 0.376 e. The molecule has 10 nitrogen and oxygen atoms in total. The Labute approximate surface area is 161 Å². The molecule has 0 bridgehead atoms. The van der Waals surface area contributed by atoms with Crippen LogP contribution in [0.3, 0.4) is 0 Å². The highest BCUT2D eigenvalue weighted by molar-refractivity contribution is 7.87. The zero-order valence-corrected chi connectivity index (χ0v) is 16.7. The minimum atomic E-state index is -4.58. The highest BCUT2D eigenvalue weighted by Gasteiger charge is 2.28. The predicted octanol–water partition coefficient (Wildman–Crippen LogP) is 1.06. The lowest BCUT2D eigenvalue weighted by molar-refractivity contribution is 0.101. The van der Waals surface area contributed by atoms with Gasteiger partial charge in [-0.2, -0.15) is 21.1 Å². The number of aromatic nitrogens is 3. The second-order valence-corrected chi connectivity index (χ2v) is 9.38. The number of carbonyl (C=O) groups is 1. The Morgan fingerprint density at radius 2 is 1.75 bits per heavy atom. The molecule has 0 saturated carbocycles. The minimum absolute atomic E-state index is 0.0852. The lowest BCUT2D eigenvalue weighted by Crippen LogP contribution is -2.29. The van der Waals surface area contributed by atoms with E-state index in [1.807, 2.05) is 0 Å². The largest absolute Gasteiger partial charge is 0.377 e. The van der Waals surface area contributed by atoms with Crippen LogP contribution in [0.15, 0.2) is 47.9 Å². The van der Waals surface area contributed by atoms with Gasteiger partial charge in [0.1, 0.15) is 6.33 Å². The molecule has 0 radical (unpaired) electrons. The quantitative estimate of drug-likeness (QED) is 0.424. The highest BCUT2D eigenvalue weighted by Crippen LogP contribution is 2.30. The number of benzene rings is 2. The van der Waals surface area contributed by atoms with Crippen LogP contribution < -0.4 is 4.18 Å². The van der Waals surface area contributed by atoms with E-state index in [1.165, 1.54) is 27.1 Å². The summed E-state index contributed by atoms with van der Waals surface area (Å²) in [5.41, 5.74) is 0.0852. The first-order chi connectivity index (χ1) is 13.0. The van der Waals surface area contributed by atoms with Gasteiger partial charge < -0.3 is 4.18 Å². The van der Waals surface area contributed by atoms with E-state index in [-0.39, 0.29) is 11.3 Å². The molecule has 3 aromatic rings. The van der Waals surface area contributed by atoms with Crippen molar-refractivity contribution in [2.75, 3.05) is 14.1 Å². The van der Waals surface area contributed by atoms with Crippen LogP contribution in [0, 0.1) is 0 Å². The van der Waals surface area contributed by atoms with E-state index in [0.29, 0.717) is 9.47 Å². The van der Waals surface area contributed by atoms with Gasteiger partial charge in [-0.3, -0.25) is 4.79 Å². The highest BCUT2D eigenvalue weighted by atomic mass is 32.2. The number of rotatable bonds is 6. The molecule has 0 aliphatic rings. The summed E-state index contributed by atoms with van der Waals surface area (Å²) in [4.78, 5) is 15.6. The molecule has 1 heterocycles. The maximum Gasteiger partial charge on any atom is 0.377 e. The van der Waals surface area contributed by atoms with Crippen molar-refractivity contribution in [3.63, 3.8) is 0 Å². The van der Waals surface area contributed by atoms with Crippen LogP contribution in [0.4, 0.5) is 0 Å². The van der Waals surface area contributed by atoms with Crippen molar-refractivity contribution in [2.45, 2.75) is 12.1 Å². The van der Waals surface area contributed by atoms with Crippen molar-refractivity contribution < 1.29 is 25.8 Å². The average Bonchev–Trinajstić information content (AvgIpc) is 3.12. The fourth-order valence-electron chi connectivity index (χ4n) is 2.47. The van der Waals surface area contributed by atoms with Crippen molar-refractivity contribution in [3.8, 4) is 5.75 Å². The van der Waals surface area contributed by atoms with Gasteiger partial charge in [0.2, 0.25) is 0 Å². The summed E-state index contributed by atoms with van der Waals surface area (Å²) >= 11 is 0. The molecule has 0 fully saturated rings. The van der Waals surface area contributed by atoms with Crippen LogP contribution in [0.1, 0.15) is 17.3 Å². The first-order valence-electron chi connectivity index (χ1n) is 7.86. The fraction of sp³-hybridized carbons (Fsp3) is 0.188. The zero-order chi connectivity index (χ0) is 20.7. The molecule has 0 N–H and O–H groups in total. The minimum Gasteiger partial charge on any atom is -0.376 e. The van der Waals surface area contributed by atoms with E-state index in [0.717, 1.165) is 16.0 Å². The van der Waals surface area contributed by atoms with Gasteiger partial charge in [0.25, 0.3) is 0 Å². The summed E-state index contributed by atoms with van der Waals surface area (Å²) in [5, 5.41) is 3.90. The van der Waals surface area contributed by atoms with E-state index in [4.69, 9.17) is 4.18 Å². The predicted molar refractivity (Wildman–Crippen MR) is 99.8 cm³/mol. The maximum absolute atomic E-state index is 12.5. The lowest BCUT2D eigenvalue weighted by atomic mass is 10.0. The Morgan fingerprint density at radius 3 is 2.39 bits per heavy atom. The van der Waals surface area contributed by atoms with Gasteiger partial charge in [0.15, 0.2) is 11.5 Å². The molecule has 28 heavy (non-hydrogen) atoms. The molecule has 0 saturated heterocycles. The number of ketones is 1. The van der Waals surface area contributed by atoms with Gasteiger partial charge >= 0.3 is 25.5 Å². The number of hydrogen-bond donors (Lipinski definition) is 0. The van der Waals surface area contributed by atoms with Gasteiger partial charge in [-0.25, -0.2) is 4.98 Å². The van der Waals surface area contributed by atoms with E-state index >= 15 is 0 Å². The Morgan fingerprint density at radius 1 is 1.07 bits per heavy atom. The third-order valence-corrected chi connectivity index (χ3v) is 6.42. The number of fused-ring (bicyclic) bond motifs is 1. The third-order valence-electron chi connectivity index (χ3n) is 3.81. The summed E-state index contributed by atoms with van der Waals surface area (Å²) in [5.74, 6) is -0.589. The number of carbonyl (C=O) groups excluding carboxylic acids is 1. The molecular formula is C16H16N4O6S2. The molecule has 0 spiro atoms. The van der Waals surface area contributed by atoms with Crippen molar-refractivity contribution in [1.82, 2.24) is 18.5 Å². The van der Waals surface area contributed by atoms with Crippen LogP contribution in [-0.4, -0.2) is 55.2 Å². The van der Waals surface area contributed by atoms with Gasteiger partial charge in [-0.15, -0.1) is 9.19 Å². The maximum atomic E-state index is 12.5. The van der Waals surface area contributed by atoms with E-state index in [9.17, 15) is 21.6 Å². The molecule has 12 heteroatoms. The summed E-state index contributed by atoms with van der Waals surface area (Å²) < 4.78 is 55.5. The van der Waals surface area contributed by atoms with Crippen molar-refractivity contribution in [3.05, 3.63) is 48.3 Å². The van der Waals surface area contributed by atoms with Crippen LogP contribution in [-0.2, 0) is 20.3 Å². The van der Waals surface area contributed by atoms with E-state index < -0.39 is 31.3 Å². The molecule has 2 aromatic carbocycles. The summed E-state index contributed by atoms with van der Waals surface area (Å²) in [6, 6.07) is 9.89. The number of nitrogens with zero attached hydrogens (tertiary/aromatic N) is 4. The fourth-order valence-corrected chi connectivity index (χ4v) is 4.01. The Kier molecular flexibility index (Phi) is 4.95. The van der Waals surface area contributed by atoms with Crippen LogP contribution in [0.5, 0.6) is 5.75 Å². The summed E-state index contributed by atoms with van der Waals surface area (Å²) in [6.45, 7) is 1.29. The molecule has 0 unspecified atom stereocenters. The molecule has 0 aliphatic heterocycles. The van der Waals surface area contributed by atoms with Crippen molar-refractivity contribution >= 4 is 36.9 Å². The van der Waals surface area contributed by atoms with Crippen LogP contribution in [0.25, 0.3) is 10.8 Å². The van der Waals surface area contributed by atoms with E-state index in [1.54, 1.807) is 30.3 Å². The van der Waals surface area contributed by atoms with Crippen LogP contribution in [0.2, 0.25) is 0 Å². The Balaban J connectivity index is 2.06. The van der Waals surface area contributed by atoms with Crippen LogP contribution >= 0.6 is 0 Å². The molecule has 3 rings (SSSR count). The Hall–Kier alpha value is -2.83. The van der Waals surface area contributed by atoms with Gasteiger partial charge in [-0.05, 0) is 23.8 Å². The first-order valence-corrected chi connectivity index (χ1v) is 10.7. The second kappa shape index (κ2) is 6.96. The Bertz CT molecular complexity index is 1280. The first kappa shape index (κ1) is 19.9. The van der Waals surface area contributed by atoms with Crippen molar-refractivity contribution in [2.24, 2.45) is 0 Å². The standard InChI is InChI=1S/C16H16N4O6S2/c1-11(21)15-13-7-5-4-6-12(13)8-9-14(15)26-27(22,23)16-17-10-20(18-16)28(24,25)19(2)3/h4-10H,1-3H3. The van der Waals surface area contributed by atoms with Gasteiger partial charge in [0.05, 0.1) is 5.56 Å². The van der Waals surface area contributed by atoms with Gasteiger partial charge in [-0.1, -0.05) is 30.3 Å².